The molecule has 2 aromatic heterocycles. The number of nitrogen functional groups attached to an aromatic ring is 1. The Kier molecular flexibility index (Phi) is 9.71. The molecule has 0 amide bonds. The van der Waals surface area contributed by atoms with Crippen molar-refractivity contribution in [1.82, 2.24) is 14.5 Å². The second-order valence-corrected chi connectivity index (χ2v) is 10.2. The second kappa shape index (κ2) is 13.4. The van der Waals surface area contributed by atoms with Crippen molar-refractivity contribution < 1.29 is 14.6 Å². The number of ketones is 1. The zero-order chi connectivity index (χ0) is 27.8. The molecule has 0 saturated carbocycles. The van der Waals surface area contributed by atoms with Gasteiger partial charge < -0.3 is 20.1 Å². The fourth-order valence-electron chi connectivity index (χ4n) is 4.94. The number of pyridine rings is 1. The maximum absolute atomic E-state index is 11.3. The molecule has 3 N–H and O–H groups in total. The van der Waals surface area contributed by atoms with Gasteiger partial charge in [0.2, 0.25) is 0 Å². The van der Waals surface area contributed by atoms with E-state index in [1.54, 1.807) is 6.07 Å². The zero-order valence-electron chi connectivity index (χ0n) is 23.2. The number of hydrogen-bond acceptors (Lipinski definition) is 6. The average molecular weight is 529 g/mol. The van der Waals surface area contributed by atoms with E-state index in [2.05, 4.69) is 35.2 Å². The summed E-state index contributed by atoms with van der Waals surface area (Å²) >= 11 is 0. The smallest absolute Gasteiger partial charge is 0.155 e. The van der Waals surface area contributed by atoms with Crippen LogP contribution < -0.4 is 5.73 Å². The van der Waals surface area contributed by atoms with Gasteiger partial charge in [-0.25, -0.2) is 9.97 Å². The second-order valence-electron chi connectivity index (χ2n) is 10.2. The van der Waals surface area contributed by atoms with Gasteiger partial charge in [0, 0.05) is 38.0 Å². The maximum atomic E-state index is 11.3. The summed E-state index contributed by atoms with van der Waals surface area (Å²) < 4.78 is 8.07. The highest BCUT2D eigenvalue weighted by molar-refractivity contribution is 6.06. The van der Waals surface area contributed by atoms with Crippen molar-refractivity contribution in [3.05, 3.63) is 71.6 Å². The quantitative estimate of drug-likeness (QED) is 0.136. The number of carbonyl (C=O) groups excluding carboxylic acids is 1. The Morgan fingerprint density at radius 3 is 2.62 bits per heavy atom. The summed E-state index contributed by atoms with van der Waals surface area (Å²) in [6, 6.07) is 12.1. The number of aryl methyl sites for hydroxylation is 3. The largest absolute Gasteiger partial charge is 0.508 e. The van der Waals surface area contributed by atoms with E-state index in [1.807, 2.05) is 25.1 Å². The highest BCUT2D eigenvalue weighted by atomic mass is 16.5. The fourth-order valence-corrected chi connectivity index (χ4v) is 4.94. The van der Waals surface area contributed by atoms with Crippen LogP contribution in [0.1, 0.15) is 68.0 Å². The molecule has 206 valence electrons. The number of anilines is 1. The summed E-state index contributed by atoms with van der Waals surface area (Å²) in [4.78, 5) is 21.0. The minimum Gasteiger partial charge on any atom is -0.508 e. The Bertz CT molecular complexity index is 1460. The van der Waals surface area contributed by atoms with Gasteiger partial charge in [0.25, 0.3) is 0 Å². The van der Waals surface area contributed by atoms with E-state index in [9.17, 15) is 9.90 Å². The van der Waals surface area contributed by atoms with Gasteiger partial charge in [-0.2, -0.15) is 0 Å². The van der Waals surface area contributed by atoms with Crippen LogP contribution in [0.2, 0.25) is 0 Å². The Hall–Kier alpha value is -3.71. The third-order valence-electron chi connectivity index (χ3n) is 7.15. The summed E-state index contributed by atoms with van der Waals surface area (Å²) in [6.45, 7) is 9.60. The minimum absolute atomic E-state index is 0.0914. The van der Waals surface area contributed by atoms with Crippen LogP contribution in [0.4, 0.5) is 5.82 Å². The number of phenols is 1. The lowest BCUT2D eigenvalue weighted by molar-refractivity contribution is -0.114. The molecule has 2 aromatic carbocycles. The van der Waals surface area contributed by atoms with E-state index in [4.69, 9.17) is 15.5 Å². The first-order chi connectivity index (χ1) is 18.9. The van der Waals surface area contributed by atoms with E-state index in [0.29, 0.717) is 37.7 Å². The Morgan fingerprint density at radius 2 is 1.85 bits per heavy atom. The van der Waals surface area contributed by atoms with Gasteiger partial charge in [0.05, 0.1) is 11.0 Å². The maximum Gasteiger partial charge on any atom is 0.155 e. The van der Waals surface area contributed by atoms with Crippen LogP contribution in [-0.2, 0) is 28.9 Å². The Labute approximate surface area is 230 Å². The van der Waals surface area contributed by atoms with Crippen LogP contribution in [0.15, 0.2) is 49.1 Å². The number of fused-ring (bicyclic) bond motifs is 3. The Morgan fingerprint density at radius 1 is 1.05 bits per heavy atom. The van der Waals surface area contributed by atoms with Crippen LogP contribution in [0, 0.1) is 6.92 Å². The molecule has 2 heterocycles. The molecule has 7 heteroatoms. The molecule has 0 fully saturated rings. The lowest BCUT2D eigenvalue weighted by Crippen LogP contribution is -2.06. The molecular formula is C32H40N4O3. The molecule has 0 aliphatic rings. The number of imidazole rings is 1. The fraction of sp³-hybridized carbons (Fsp3) is 0.406. The summed E-state index contributed by atoms with van der Waals surface area (Å²) in [6.07, 6.45) is 8.43. The van der Waals surface area contributed by atoms with E-state index < -0.39 is 0 Å². The molecule has 0 aliphatic heterocycles. The van der Waals surface area contributed by atoms with E-state index >= 15 is 0 Å². The Balaban J connectivity index is 1.56. The first kappa shape index (κ1) is 28.3. The summed E-state index contributed by atoms with van der Waals surface area (Å²) in [5, 5.41) is 11.1. The SMILES string of the molecule is C=CC(=O)CCCCOCCCc1ccc2nc(N)c3nc(CCCC)n(Cc4ccc(O)c(C)c4)c3c2c1. The van der Waals surface area contributed by atoms with Gasteiger partial charge in [-0.3, -0.25) is 4.79 Å². The standard InChI is InChI=1S/C32H40N4O3/c1-4-6-12-29-35-30-31(36(29)21-24-14-16-28(38)22(3)19-24)26-20-23(13-15-27(26)34-32(30)33)10-9-18-39-17-8-7-11-25(37)5-2/h5,13-16,19-20,38H,2,4,6-12,17-18,21H2,1,3H3,(H2,33,34). The first-order valence-corrected chi connectivity index (χ1v) is 14.0. The number of aromatic nitrogens is 3. The molecule has 0 saturated heterocycles. The summed E-state index contributed by atoms with van der Waals surface area (Å²) in [7, 11) is 0. The van der Waals surface area contributed by atoms with E-state index in [1.165, 1.54) is 11.6 Å². The predicted molar refractivity (Wildman–Crippen MR) is 158 cm³/mol. The lowest BCUT2D eigenvalue weighted by Gasteiger charge is -2.13. The number of unbranched alkanes of at least 4 members (excludes halogenated alkanes) is 2. The number of allylic oxidation sites excluding steroid dienone is 1. The molecule has 7 nitrogen and oxygen atoms in total. The summed E-state index contributed by atoms with van der Waals surface area (Å²) in [5.74, 6) is 1.85. The van der Waals surface area contributed by atoms with Crippen LogP contribution in [0.3, 0.4) is 0 Å². The van der Waals surface area contributed by atoms with Gasteiger partial charge in [0.15, 0.2) is 11.6 Å². The normalized spacial score (nSPS) is 11.4. The number of phenolic OH excluding ortho intramolecular Hbond substituents is 1. The van der Waals surface area contributed by atoms with Crippen molar-refractivity contribution in [2.24, 2.45) is 0 Å². The number of aromatic hydroxyl groups is 1. The van der Waals surface area contributed by atoms with Crippen molar-refractivity contribution in [2.75, 3.05) is 18.9 Å². The zero-order valence-corrected chi connectivity index (χ0v) is 23.2. The molecule has 0 radical (unpaired) electrons. The van der Waals surface area contributed by atoms with Crippen molar-refractivity contribution in [3.63, 3.8) is 0 Å². The van der Waals surface area contributed by atoms with Gasteiger partial charge >= 0.3 is 0 Å². The molecule has 0 aliphatic carbocycles. The number of carbonyl (C=O) groups is 1. The number of ether oxygens (including phenoxy) is 1. The molecule has 4 rings (SSSR count). The molecule has 0 bridgehead atoms. The van der Waals surface area contributed by atoms with Crippen molar-refractivity contribution in [1.29, 1.82) is 0 Å². The number of rotatable bonds is 15. The predicted octanol–water partition coefficient (Wildman–Crippen LogP) is 6.45. The van der Waals surface area contributed by atoms with Crippen LogP contribution in [-0.4, -0.2) is 38.6 Å². The minimum atomic E-state index is 0.0914. The highest BCUT2D eigenvalue weighted by Crippen LogP contribution is 2.31. The van der Waals surface area contributed by atoms with Crippen LogP contribution >= 0.6 is 0 Å². The highest BCUT2D eigenvalue weighted by Gasteiger charge is 2.18. The van der Waals surface area contributed by atoms with E-state index in [-0.39, 0.29) is 5.78 Å². The van der Waals surface area contributed by atoms with Crippen LogP contribution in [0.5, 0.6) is 5.75 Å². The lowest BCUT2D eigenvalue weighted by atomic mass is 10.1. The molecular weight excluding hydrogens is 488 g/mol. The van der Waals surface area contributed by atoms with Crippen molar-refractivity contribution in [3.8, 4) is 5.75 Å². The van der Waals surface area contributed by atoms with Crippen molar-refractivity contribution in [2.45, 2.75) is 71.8 Å². The molecule has 0 atom stereocenters. The third kappa shape index (κ3) is 7.03. The van der Waals surface area contributed by atoms with Crippen LogP contribution in [0.25, 0.3) is 21.9 Å². The number of benzene rings is 2. The molecule has 39 heavy (non-hydrogen) atoms. The van der Waals surface area contributed by atoms with E-state index in [0.717, 1.165) is 83.8 Å². The van der Waals surface area contributed by atoms with Crippen molar-refractivity contribution >= 4 is 33.5 Å². The number of hydrogen-bond donors (Lipinski definition) is 2. The van der Waals surface area contributed by atoms with Gasteiger partial charge in [-0.05, 0) is 80.0 Å². The monoisotopic (exact) mass is 528 g/mol. The molecule has 0 spiro atoms. The number of nitrogens with zero attached hydrogens (tertiary/aromatic N) is 3. The van der Waals surface area contributed by atoms with Gasteiger partial charge in [-0.1, -0.05) is 38.1 Å². The first-order valence-electron chi connectivity index (χ1n) is 14.0. The van der Waals surface area contributed by atoms with Gasteiger partial charge in [0.1, 0.15) is 17.1 Å². The summed E-state index contributed by atoms with van der Waals surface area (Å²) in [5.41, 5.74) is 12.2. The van der Waals surface area contributed by atoms with Gasteiger partial charge in [-0.15, -0.1) is 0 Å². The molecule has 0 unspecified atom stereocenters. The number of nitrogens with two attached hydrogens (primary N) is 1. The molecule has 4 aromatic rings. The topological polar surface area (TPSA) is 103 Å². The third-order valence-corrected chi connectivity index (χ3v) is 7.15. The average Bonchev–Trinajstić information content (AvgIpc) is 3.29.